The van der Waals surface area contributed by atoms with Crippen LogP contribution in [0.5, 0.6) is 0 Å². The summed E-state index contributed by atoms with van der Waals surface area (Å²) in [7, 11) is 3.94. The molecule has 18 heavy (non-hydrogen) atoms. The molecule has 0 amide bonds. The summed E-state index contributed by atoms with van der Waals surface area (Å²) in [5, 5.41) is 3.47. The molecule has 0 bridgehead atoms. The molecule has 1 N–H and O–H groups in total. The number of hydrogen-bond acceptors (Lipinski definition) is 3. The van der Waals surface area contributed by atoms with E-state index >= 15 is 0 Å². The molecule has 1 aliphatic carbocycles. The number of nitrogens with zero attached hydrogens (tertiary/aromatic N) is 1. The van der Waals surface area contributed by atoms with Crippen LogP contribution < -0.4 is 5.32 Å². The Labute approximate surface area is 112 Å². The van der Waals surface area contributed by atoms with Crippen molar-refractivity contribution in [2.24, 2.45) is 11.3 Å². The Bertz CT molecular complexity index is 292. The molecule has 5 atom stereocenters. The van der Waals surface area contributed by atoms with E-state index in [1.165, 1.54) is 19.4 Å². The Morgan fingerprint density at radius 2 is 1.94 bits per heavy atom. The van der Waals surface area contributed by atoms with Gasteiger partial charge in [-0.15, -0.1) is 0 Å². The number of methoxy groups -OCH3 is 1. The van der Waals surface area contributed by atoms with Crippen molar-refractivity contribution in [3.05, 3.63) is 0 Å². The topological polar surface area (TPSA) is 24.5 Å². The van der Waals surface area contributed by atoms with Crippen LogP contribution in [0.25, 0.3) is 0 Å². The molecule has 0 radical (unpaired) electrons. The van der Waals surface area contributed by atoms with Gasteiger partial charge in [0.25, 0.3) is 0 Å². The van der Waals surface area contributed by atoms with E-state index in [9.17, 15) is 0 Å². The van der Waals surface area contributed by atoms with Crippen molar-refractivity contribution in [3.8, 4) is 0 Å². The van der Waals surface area contributed by atoms with Crippen LogP contribution in [0.4, 0.5) is 0 Å². The summed E-state index contributed by atoms with van der Waals surface area (Å²) in [5.74, 6) is 0.723. The zero-order chi connectivity index (χ0) is 13.5. The first-order valence-corrected chi connectivity index (χ1v) is 7.39. The van der Waals surface area contributed by atoms with Gasteiger partial charge in [0.05, 0.1) is 6.10 Å². The third-order valence-electron chi connectivity index (χ3n) is 5.80. The van der Waals surface area contributed by atoms with Crippen LogP contribution >= 0.6 is 0 Å². The highest BCUT2D eigenvalue weighted by atomic mass is 16.5. The van der Waals surface area contributed by atoms with E-state index in [1.807, 2.05) is 7.11 Å². The summed E-state index contributed by atoms with van der Waals surface area (Å²) in [6.45, 7) is 10.7. The van der Waals surface area contributed by atoms with Crippen molar-refractivity contribution < 1.29 is 4.74 Å². The number of ether oxygens (including phenoxy) is 1. The lowest BCUT2D eigenvalue weighted by Crippen LogP contribution is -2.67. The molecule has 0 aromatic heterocycles. The molecule has 3 nitrogen and oxygen atoms in total. The largest absolute Gasteiger partial charge is 0.381 e. The number of rotatable bonds is 3. The molecule has 0 aromatic rings. The van der Waals surface area contributed by atoms with E-state index in [-0.39, 0.29) is 0 Å². The fraction of sp³-hybridized carbons (Fsp3) is 1.00. The fourth-order valence-corrected chi connectivity index (χ4v) is 4.07. The predicted octanol–water partition coefficient (Wildman–Crippen LogP) is 2.12. The van der Waals surface area contributed by atoms with E-state index in [4.69, 9.17) is 4.74 Å². The minimum atomic E-state index is 0.301. The molecule has 0 spiro atoms. The second-order valence-corrected chi connectivity index (χ2v) is 6.82. The average molecular weight is 254 g/mol. The predicted molar refractivity (Wildman–Crippen MR) is 75.8 cm³/mol. The molecular formula is C15H30N2O. The maximum atomic E-state index is 5.59. The first-order valence-electron chi connectivity index (χ1n) is 7.39. The maximum Gasteiger partial charge on any atom is 0.0652 e. The first-order chi connectivity index (χ1) is 8.43. The van der Waals surface area contributed by atoms with Crippen LogP contribution in [0.15, 0.2) is 0 Å². The number of likely N-dealkylation sites (tertiary alicyclic amines) is 1. The lowest BCUT2D eigenvalue weighted by Gasteiger charge is -2.59. The zero-order valence-corrected chi connectivity index (χ0v) is 12.9. The minimum absolute atomic E-state index is 0.301. The number of nitrogens with one attached hydrogen (secondary N) is 1. The smallest absolute Gasteiger partial charge is 0.0652 e. The van der Waals surface area contributed by atoms with Gasteiger partial charge in [-0.05, 0) is 32.7 Å². The zero-order valence-electron chi connectivity index (χ0n) is 12.9. The summed E-state index contributed by atoms with van der Waals surface area (Å²) >= 11 is 0. The Morgan fingerprint density at radius 3 is 2.44 bits per heavy atom. The summed E-state index contributed by atoms with van der Waals surface area (Å²) in [6, 6.07) is 2.04. The molecule has 2 aliphatic rings. The van der Waals surface area contributed by atoms with Gasteiger partial charge < -0.3 is 10.1 Å². The second kappa shape index (κ2) is 5.10. The van der Waals surface area contributed by atoms with Gasteiger partial charge in [-0.1, -0.05) is 20.8 Å². The first kappa shape index (κ1) is 14.3. The Kier molecular flexibility index (Phi) is 4.05. The molecular weight excluding hydrogens is 224 g/mol. The highest BCUT2D eigenvalue weighted by Crippen LogP contribution is 2.47. The van der Waals surface area contributed by atoms with E-state index in [2.05, 4.69) is 45.0 Å². The molecule has 0 aromatic carbocycles. The van der Waals surface area contributed by atoms with E-state index < -0.39 is 0 Å². The van der Waals surface area contributed by atoms with Crippen LogP contribution in [0.3, 0.4) is 0 Å². The second-order valence-electron chi connectivity index (χ2n) is 6.82. The van der Waals surface area contributed by atoms with Gasteiger partial charge in [0.15, 0.2) is 0 Å². The van der Waals surface area contributed by atoms with Crippen molar-refractivity contribution >= 4 is 0 Å². The lowest BCUT2D eigenvalue weighted by molar-refractivity contribution is -0.156. The average Bonchev–Trinajstić information content (AvgIpc) is 2.34. The van der Waals surface area contributed by atoms with Crippen molar-refractivity contribution in [2.75, 3.05) is 20.7 Å². The third kappa shape index (κ3) is 2.10. The number of hydrogen-bond donors (Lipinski definition) is 1. The van der Waals surface area contributed by atoms with Crippen molar-refractivity contribution in [1.82, 2.24) is 10.2 Å². The van der Waals surface area contributed by atoms with Gasteiger partial charge in [-0.25, -0.2) is 0 Å². The normalized spacial score (nSPS) is 44.7. The summed E-state index contributed by atoms with van der Waals surface area (Å²) in [6.07, 6.45) is 2.91. The third-order valence-corrected chi connectivity index (χ3v) is 5.80. The summed E-state index contributed by atoms with van der Waals surface area (Å²) in [5.41, 5.74) is 0.301. The van der Waals surface area contributed by atoms with Crippen LogP contribution in [0, 0.1) is 11.3 Å². The minimum Gasteiger partial charge on any atom is -0.381 e. The summed E-state index contributed by atoms with van der Waals surface area (Å²) < 4.78 is 5.59. The highest BCUT2D eigenvalue weighted by Gasteiger charge is 2.53. The van der Waals surface area contributed by atoms with Gasteiger partial charge in [-0.2, -0.15) is 0 Å². The van der Waals surface area contributed by atoms with Crippen molar-refractivity contribution in [3.63, 3.8) is 0 Å². The van der Waals surface area contributed by atoms with E-state index in [0.29, 0.717) is 29.6 Å². The maximum absolute atomic E-state index is 5.59. The lowest BCUT2D eigenvalue weighted by atomic mass is 9.62. The van der Waals surface area contributed by atoms with Crippen LogP contribution in [0.2, 0.25) is 0 Å². The Hall–Kier alpha value is -0.120. The molecule has 1 saturated heterocycles. The summed E-state index contributed by atoms with van der Waals surface area (Å²) in [4.78, 5) is 2.73. The molecule has 1 heterocycles. The quantitative estimate of drug-likeness (QED) is 0.835. The van der Waals surface area contributed by atoms with Gasteiger partial charge in [0.2, 0.25) is 0 Å². The Morgan fingerprint density at radius 1 is 1.28 bits per heavy atom. The van der Waals surface area contributed by atoms with Gasteiger partial charge in [0.1, 0.15) is 0 Å². The molecule has 1 aliphatic heterocycles. The fourth-order valence-electron chi connectivity index (χ4n) is 4.07. The van der Waals surface area contributed by atoms with Crippen LogP contribution in [-0.4, -0.2) is 49.8 Å². The van der Waals surface area contributed by atoms with E-state index in [0.717, 1.165) is 5.92 Å². The van der Waals surface area contributed by atoms with Gasteiger partial charge in [0, 0.05) is 37.2 Å². The number of piperidine rings is 1. The molecule has 2 rings (SSSR count). The van der Waals surface area contributed by atoms with Crippen molar-refractivity contribution in [1.29, 1.82) is 0 Å². The molecule has 5 unspecified atom stereocenters. The van der Waals surface area contributed by atoms with Gasteiger partial charge in [-0.3, -0.25) is 4.90 Å². The molecule has 106 valence electrons. The van der Waals surface area contributed by atoms with Gasteiger partial charge >= 0.3 is 0 Å². The molecule has 2 fully saturated rings. The molecule has 3 heteroatoms. The van der Waals surface area contributed by atoms with Crippen LogP contribution in [0.1, 0.15) is 40.5 Å². The molecule has 1 saturated carbocycles. The monoisotopic (exact) mass is 254 g/mol. The van der Waals surface area contributed by atoms with Crippen LogP contribution in [-0.2, 0) is 4.74 Å². The Balaban J connectivity index is 2.03. The SMILES string of the molecule is CNC1CCN(C2CC(OC)C2(C)C)C(C)C1C. The van der Waals surface area contributed by atoms with E-state index in [1.54, 1.807) is 0 Å². The standard InChI is InChI=1S/C15H30N2O/c1-10-11(2)17(8-7-12(10)16-5)13-9-14(18-6)15(13,3)4/h10-14,16H,7-9H2,1-6H3. The highest BCUT2D eigenvalue weighted by molar-refractivity contribution is 5.06. The van der Waals surface area contributed by atoms with Crippen molar-refractivity contribution in [2.45, 2.75) is 64.8 Å².